The van der Waals surface area contributed by atoms with E-state index in [0.29, 0.717) is 5.69 Å². The molecule has 3 amide bonds. The fraction of sp³-hybridized carbons (Fsp3) is 0.400. The maximum absolute atomic E-state index is 13.2. The Labute approximate surface area is 176 Å². The average molecular weight is 440 g/mol. The summed E-state index contributed by atoms with van der Waals surface area (Å²) in [6.07, 6.45) is -1.72. The van der Waals surface area contributed by atoms with Crippen molar-refractivity contribution in [2.45, 2.75) is 37.9 Å². The standard InChI is InChI=1S/C20H23F3N4O2S/c21-20(22,23)13-6-7-16(27-8-2-1-3-9-27)14(11-13)25-18(28)12-15(26-19(24)29)17-5-4-10-30-17/h4-7,10-11,15H,1-3,8-9,12H2,(H,25,28)(H3,24,26,29). The molecule has 1 atom stereocenters. The number of primary amides is 1. The molecular weight excluding hydrogens is 417 g/mol. The van der Waals surface area contributed by atoms with Crippen LogP contribution in [0.15, 0.2) is 35.7 Å². The number of anilines is 2. The average Bonchev–Trinajstić information content (AvgIpc) is 3.22. The first-order chi connectivity index (χ1) is 14.2. The van der Waals surface area contributed by atoms with Gasteiger partial charge in [0.2, 0.25) is 5.91 Å². The number of nitrogens with zero attached hydrogens (tertiary/aromatic N) is 1. The Morgan fingerprint density at radius 3 is 2.50 bits per heavy atom. The van der Waals surface area contributed by atoms with E-state index in [4.69, 9.17) is 5.73 Å². The molecule has 1 aromatic heterocycles. The van der Waals surface area contributed by atoms with Gasteiger partial charge in [0.15, 0.2) is 0 Å². The molecule has 1 fully saturated rings. The molecule has 1 aromatic carbocycles. The molecule has 1 aliphatic rings. The summed E-state index contributed by atoms with van der Waals surface area (Å²) in [5, 5.41) is 6.92. The molecule has 2 aromatic rings. The summed E-state index contributed by atoms with van der Waals surface area (Å²) in [6.45, 7) is 1.44. The highest BCUT2D eigenvalue weighted by Gasteiger charge is 2.32. The number of carbonyl (C=O) groups excluding carboxylic acids is 2. The molecule has 0 spiro atoms. The monoisotopic (exact) mass is 440 g/mol. The van der Waals surface area contributed by atoms with Gasteiger partial charge in [0.25, 0.3) is 0 Å². The highest BCUT2D eigenvalue weighted by Crippen LogP contribution is 2.36. The van der Waals surface area contributed by atoms with E-state index in [-0.39, 0.29) is 12.1 Å². The second kappa shape index (κ2) is 9.38. The van der Waals surface area contributed by atoms with Crippen molar-refractivity contribution in [3.63, 3.8) is 0 Å². The zero-order valence-electron chi connectivity index (χ0n) is 16.2. The molecule has 3 rings (SSSR count). The van der Waals surface area contributed by atoms with Crippen molar-refractivity contribution in [2.24, 2.45) is 5.73 Å². The third-order valence-corrected chi connectivity index (χ3v) is 5.87. The van der Waals surface area contributed by atoms with Crippen LogP contribution in [0, 0.1) is 0 Å². The quantitative estimate of drug-likeness (QED) is 0.618. The number of thiophene rings is 1. The number of amides is 3. The minimum atomic E-state index is -4.52. The van der Waals surface area contributed by atoms with Crippen LogP contribution in [0.1, 0.15) is 42.2 Å². The molecule has 0 saturated carbocycles. The fourth-order valence-electron chi connectivity index (χ4n) is 3.49. The van der Waals surface area contributed by atoms with Crippen molar-refractivity contribution in [3.05, 3.63) is 46.2 Å². The largest absolute Gasteiger partial charge is 0.416 e. The lowest BCUT2D eigenvalue weighted by Crippen LogP contribution is -2.35. The van der Waals surface area contributed by atoms with Crippen LogP contribution in [0.25, 0.3) is 0 Å². The molecule has 30 heavy (non-hydrogen) atoms. The zero-order valence-corrected chi connectivity index (χ0v) is 17.0. The van der Waals surface area contributed by atoms with Gasteiger partial charge in [-0.2, -0.15) is 13.2 Å². The van der Waals surface area contributed by atoms with Crippen LogP contribution in [0.2, 0.25) is 0 Å². The Morgan fingerprint density at radius 2 is 1.90 bits per heavy atom. The van der Waals surface area contributed by atoms with E-state index in [2.05, 4.69) is 10.6 Å². The minimum Gasteiger partial charge on any atom is -0.370 e. The Morgan fingerprint density at radius 1 is 1.17 bits per heavy atom. The summed E-state index contributed by atoms with van der Waals surface area (Å²) in [7, 11) is 0. The first-order valence-electron chi connectivity index (χ1n) is 9.59. The van der Waals surface area contributed by atoms with Gasteiger partial charge in [0, 0.05) is 18.0 Å². The van der Waals surface area contributed by atoms with Crippen LogP contribution in [0.5, 0.6) is 0 Å². The first kappa shape index (κ1) is 21.9. The number of benzene rings is 1. The molecule has 10 heteroatoms. The van der Waals surface area contributed by atoms with Crippen molar-refractivity contribution < 1.29 is 22.8 Å². The van der Waals surface area contributed by atoms with E-state index in [1.165, 1.54) is 17.4 Å². The first-order valence-corrected chi connectivity index (χ1v) is 10.5. The van der Waals surface area contributed by atoms with Crippen molar-refractivity contribution >= 4 is 34.6 Å². The lowest BCUT2D eigenvalue weighted by molar-refractivity contribution is -0.137. The number of hydrogen-bond donors (Lipinski definition) is 3. The van der Waals surface area contributed by atoms with Crippen molar-refractivity contribution in [2.75, 3.05) is 23.3 Å². The number of rotatable bonds is 6. The molecule has 2 heterocycles. The number of nitrogens with one attached hydrogen (secondary N) is 2. The predicted molar refractivity (Wildman–Crippen MR) is 111 cm³/mol. The maximum Gasteiger partial charge on any atom is 0.416 e. The van der Waals surface area contributed by atoms with Gasteiger partial charge in [0.1, 0.15) is 0 Å². The van der Waals surface area contributed by atoms with Gasteiger partial charge in [-0.1, -0.05) is 6.07 Å². The molecule has 1 aliphatic heterocycles. The highest BCUT2D eigenvalue weighted by atomic mass is 32.1. The summed E-state index contributed by atoms with van der Waals surface area (Å²) in [5.74, 6) is -0.514. The van der Waals surface area contributed by atoms with E-state index >= 15 is 0 Å². The van der Waals surface area contributed by atoms with Gasteiger partial charge >= 0.3 is 12.2 Å². The van der Waals surface area contributed by atoms with E-state index in [1.807, 2.05) is 4.90 Å². The number of carbonyl (C=O) groups is 2. The van der Waals surface area contributed by atoms with Crippen LogP contribution >= 0.6 is 11.3 Å². The van der Waals surface area contributed by atoms with Crippen molar-refractivity contribution in [3.8, 4) is 0 Å². The SMILES string of the molecule is NC(=O)NC(CC(=O)Nc1cc(C(F)(F)F)ccc1N1CCCCC1)c1cccs1. The van der Waals surface area contributed by atoms with Gasteiger partial charge in [-0.3, -0.25) is 4.79 Å². The highest BCUT2D eigenvalue weighted by molar-refractivity contribution is 7.10. The zero-order chi connectivity index (χ0) is 21.7. The van der Waals surface area contributed by atoms with Crippen molar-refractivity contribution in [1.29, 1.82) is 0 Å². The van der Waals surface area contributed by atoms with Gasteiger partial charge < -0.3 is 21.3 Å². The molecule has 0 aliphatic carbocycles. The van der Waals surface area contributed by atoms with Gasteiger partial charge in [0.05, 0.1) is 29.4 Å². The Hall–Kier alpha value is -2.75. The third-order valence-electron chi connectivity index (χ3n) is 4.89. The Balaban J connectivity index is 1.83. The van der Waals surface area contributed by atoms with Crippen LogP contribution in [0.4, 0.5) is 29.3 Å². The molecule has 4 N–H and O–H groups in total. The fourth-order valence-corrected chi connectivity index (χ4v) is 4.27. The van der Waals surface area contributed by atoms with E-state index < -0.39 is 29.7 Å². The second-order valence-corrected chi connectivity index (χ2v) is 8.09. The van der Waals surface area contributed by atoms with E-state index in [1.54, 1.807) is 17.5 Å². The van der Waals surface area contributed by atoms with Gasteiger partial charge in [-0.15, -0.1) is 11.3 Å². The van der Waals surface area contributed by atoms with Crippen molar-refractivity contribution in [1.82, 2.24) is 5.32 Å². The molecule has 6 nitrogen and oxygen atoms in total. The van der Waals surface area contributed by atoms with Gasteiger partial charge in [-0.05, 0) is 48.9 Å². The Kier molecular flexibility index (Phi) is 6.86. The van der Waals surface area contributed by atoms with E-state index in [9.17, 15) is 22.8 Å². The number of hydrogen-bond acceptors (Lipinski definition) is 4. The topological polar surface area (TPSA) is 87.5 Å². The molecule has 0 radical (unpaired) electrons. The second-order valence-electron chi connectivity index (χ2n) is 7.11. The van der Waals surface area contributed by atoms with E-state index in [0.717, 1.165) is 49.4 Å². The molecule has 1 saturated heterocycles. The molecular formula is C20H23F3N4O2S. The van der Waals surface area contributed by atoms with Crippen LogP contribution in [-0.4, -0.2) is 25.0 Å². The summed E-state index contributed by atoms with van der Waals surface area (Å²) in [4.78, 5) is 26.7. The minimum absolute atomic E-state index is 0.112. The normalized spacial score (nSPS) is 15.5. The van der Waals surface area contributed by atoms with Crippen LogP contribution in [-0.2, 0) is 11.0 Å². The van der Waals surface area contributed by atoms with Gasteiger partial charge in [-0.25, -0.2) is 4.79 Å². The summed E-state index contributed by atoms with van der Waals surface area (Å²) in [5.41, 5.74) is 5.05. The predicted octanol–water partition coefficient (Wildman–Crippen LogP) is 4.50. The number of halogens is 3. The smallest absolute Gasteiger partial charge is 0.370 e. The molecule has 162 valence electrons. The maximum atomic E-state index is 13.2. The summed E-state index contributed by atoms with van der Waals surface area (Å²) >= 11 is 1.35. The summed E-state index contributed by atoms with van der Waals surface area (Å²) in [6, 6.07) is 5.48. The molecule has 0 bridgehead atoms. The lowest BCUT2D eigenvalue weighted by atomic mass is 10.1. The lowest BCUT2D eigenvalue weighted by Gasteiger charge is -2.31. The van der Waals surface area contributed by atoms with Crippen LogP contribution < -0.4 is 21.3 Å². The number of urea groups is 1. The number of alkyl halides is 3. The number of piperidine rings is 1. The number of nitrogens with two attached hydrogens (primary N) is 1. The Bertz CT molecular complexity index is 881. The van der Waals surface area contributed by atoms with Crippen LogP contribution in [0.3, 0.4) is 0 Å². The third kappa shape index (κ3) is 5.65. The molecule has 1 unspecified atom stereocenters. The summed E-state index contributed by atoms with van der Waals surface area (Å²) < 4.78 is 39.7.